The largest absolute Gasteiger partial charge is 0.495 e. The van der Waals surface area contributed by atoms with Gasteiger partial charge in [-0.2, -0.15) is 0 Å². The van der Waals surface area contributed by atoms with Crippen molar-refractivity contribution >= 4 is 34.8 Å². The predicted octanol–water partition coefficient (Wildman–Crippen LogP) is 4.85. The van der Waals surface area contributed by atoms with Crippen LogP contribution < -0.4 is 10.1 Å². The number of hydrogen-bond donors (Lipinski definition) is 1. The summed E-state index contributed by atoms with van der Waals surface area (Å²) in [6, 6.07) is 13.1. The highest BCUT2D eigenvalue weighted by Crippen LogP contribution is 2.28. The third kappa shape index (κ3) is 4.70. The molecule has 1 heterocycles. The second kappa shape index (κ2) is 8.76. The minimum absolute atomic E-state index is 0.0232. The van der Waals surface area contributed by atoms with Gasteiger partial charge in [0.15, 0.2) is 0 Å². The molecule has 2 aromatic rings. The average molecular weight is 393 g/mol. The molecule has 3 rings (SSSR count). The van der Waals surface area contributed by atoms with Crippen LogP contribution in [0.4, 0.5) is 5.69 Å². The number of nitrogens with zero attached hydrogens (tertiary/aromatic N) is 1. The van der Waals surface area contributed by atoms with Crippen molar-refractivity contribution in [2.24, 2.45) is 5.92 Å². The lowest BCUT2D eigenvalue weighted by molar-refractivity contribution is -0.121. The average Bonchev–Trinajstić information content (AvgIpc) is 2.64. The summed E-state index contributed by atoms with van der Waals surface area (Å²) in [6.07, 6.45) is 1.88. The molecule has 6 heteroatoms. The van der Waals surface area contributed by atoms with Gasteiger partial charge in [0, 0.05) is 23.8 Å². The summed E-state index contributed by atoms with van der Waals surface area (Å²) in [4.78, 5) is 14.9. The summed E-state index contributed by atoms with van der Waals surface area (Å²) in [6.45, 7) is 2.46. The second-order valence-corrected chi connectivity index (χ2v) is 7.32. The number of anilines is 1. The first-order valence-corrected chi connectivity index (χ1v) is 9.42. The first-order chi connectivity index (χ1) is 12.6. The van der Waals surface area contributed by atoms with E-state index in [0.29, 0.717) is 16.5 Å². The minimum Gasteiger partial charge on any atom is -0.495 e. The van der Waals surface area contributed by atoms with Crippen molar-refractivity contribution in [2.75, 3.05) is 25.5 Å². The smallest absolute Gasteiger partial charge is 0.228 e. The SMILES string of the molecule is COc1ccc(NC(=O)C2CCCN(Cc3ccccc3Cl)C2)cc1Cl. The number of carbonyl (C=O) groups is 1. The number of benzene rings is 2. The van der Waals surface area contributed by atoms with Crippen molar-refractivity contribution in [1.82, 2.24) is 4.90 Å². The molecule has 0 aliphatic carbocycles. The van der Waals surface area contributed by atoms with Gasteiger partial charge in [-0.25, -0.2) is 0 Å². The molecular weight excluding hydrogens is 371 g/mol. The van der Waals surface area contributed by atoms with Crippen LogP contribution in [0.5, 0.6) is 5.75 Å². The van der Waals surface area contributed by atoms with Crippen LogP contribution in [0.15, 0.2) is 42.5 Å². The number of halogens is 2. The number of likely N-dealkylation sites (tertiary alicyclic amines) is 1. The van der Waals surface area contributed by atoms with E-state index in [1.54, 1.807) is 25.3 Å². The second-order valence-electron chi connectivity index (χ2n) is 6.50. The highest BCUT2D eigenvalue weighted by molar-refractivity contribution is 6.32. The highest BCUT2D eigenvalue weighted by Gasteiger charge is 2.26. The van der Waals surface area contributed by atoms with Crippen LogP contribution in [0.3, 0.4) is 0 Å². The third-order valence-corrected chi connectivity index (χ3v) is 5.31. The van der Waals surface area contributed by atoms with Crippen LogP contribution in [0.2, 0.25) is 10.0 Å². The third-order valence-electron chi connectivity index (χ3n) is 4.65. The molecule has 0 bridgehead atoms. The van der Waals surface area contributed by atoms with Crippen molar-refractivity contribution in [3.8, 4) is 5.75 Å². The summed E-state index contributed by atoms with van der Waals surface area (Å²) in [5.74, 6) is 0.565. The van der Waals surface area contributed by atoms with E-state index in [1.807, 2.05) is 24.3 Å². The maximum absolute atomic E-state index is 12.7. The molecule has 1 aliphatic rings. The van der Waals surface area contributed by atoms with Crippen LogP contribution >= 0.6 is 23.2 Å². The van der Waals surface area contributed by atoms with Crippen LogP contribution in [0.25, 0.3) is 0 Å². The van der Waals surface area contributed by atoms with Gasteiger partial charge in [0.25, 0.3) is 0 Å². The Morgan fingerprint density at radius 2 is 2.04 bits per heavy atom. The quantitative estimate of drug-likeness (QED) is 0.790. The normalized spacial score (nSPS) is 17.7. The monoisotopic (exact) mass is 392 g/mol. The molecule has 138 valence electrons. The fraction of sp³-hybridized carbons (Fsp3) is 0.350. The predicted molar refractivity (Wildman–Crippen MR) is 106 cm³/mol. The zero-order chi connectivity index (χ0) is 18.5. The summed E-state index contributed by atoms with van der Waals surface area (Å²) < 4.78 is 5.14. The summed E-state index contributed by atoms with van der Waals surface area (Å²) in [5.41, 5.74) is 1.78. The lowest BCUT2D eigenvalue weighted by Crippen LogP contribution is -2.40. The fourth-order valence-electron chi connectivity index (χ4n) is 3.27. The molecule has 1 N–H and O–H groups in total. The van der Waals surface area contributed by atoms with E-state index < -0.39 is 0 Å². The number of piperidine rings is 1. The van der Waals surface area contributed by atoms with Crippen molar-refractivity contribution in [1.29, 1.82) is 0 Å². The number of methoxy groups -OCH3 is 1. The Hall–Kier alpha value is -1.75. The number of amides is 1. The Bertz CT molecular complexity index is 782. The molecule has 1 unspecified atom stereocenters. The van der Waals surface area contributed by atoms with Gasteiger partial charge in [-0.15, -0.1) is 0 Å². The molecule has 1 amide bonds. The van der Waals surface area contributed by atoms with Crippen LogP contribution in [0, 0.1) is 5.92 Å². The van der Waals surface area contributed by atoms with Gasteiger partial charge >= 0.3 is 0 Å². The van der Waals surface area contributed by atoms with Gasteiger partial charge in [-0.05, 0) is 49.2 Å². The molecule has 4 nitrogen and oxygen atoms in total. The van der Waals surface area contributed by atoms with Gasteiger partial charge in [0.2, 0.25) is 5.91 Å². The Kier molecular flexibility index (Phi) is 6.41. The molecule has 1 saturated heterocycles. The fourth-order valence-corrected chi connectivity index (χ4v) is 3.72. The van der Waals surface area contributed by atoms with Crippen LogP contribution in [-0.4, -0.2) is 31.0 Å². The lowest BCUT2D eigenvalue weighted by atomic mass is 9.96. The Balaban J connectivity index is 1.61. The molecule has 1 fully saturated rings. The Morgan fingerprint density at radius 3 is 2.77 bits per heavy atom. The van der Waals surface area contributed by atoms with E-state index in [2.05, 4.69) is 10.2 Å². The van der Waals surface area contributed by atoms with E-state index in [1.165, 1.54) is 0 Å². The first-order valence-electron chi connectivity index (χ1n) is 8.67. The topological polar surface area (TPSA) is 41.6 Å². The molecule has 1 atom stereocenters. The molecule has 0 radical (unpaired) electrons. The van der Waals surface area contributed by atoms with Crippen LogP contribution in [-0.2, 0) is 11.3 Å². The van der Waals surface area contributed by atoms with E-state index in [9.17, 15) is 4.79 Å². The Morgan fingerprint density at radius 1 is 1.23 bits per heavy atom. The molecule has 2 aromatic carbocycles. The summed E-state index contributed by atoms with van der Waals surface area (Å²) in [7, 11) is 1.56. The van der Waals surface area contributed by atoms with Gasteiger partial charge in [-0.3, -0.25) is 9.69 Å². The van der Waals surface area contributed by atoms with Gasteiger partial charge in [-0.1, -0.05) is 41.4 Å². The number of carbonyl (C=O) groups excluding carboxylic acids is 1. The number of nitrogens with one attached hydrogen (secondary N) is 1. The number of rotatable bonds is 5. The minimum atomic E-state index is -0.0490. The maximum atomic E-state index is 12.7. The van der Waals surface area contributed by atoms with Crippen molar-refractivity contribution in [3.05, 3.63) is 58.1 Å². The highest BCUT2D eigenvalue weighted by atomic mass is 35.5. The summed E-state index contributed by atoms with van der Waals surface area (Å²) >= 11 is 12.4. The first kappa shape index (κ1) is 19.0. The standard InChI is InChI=1S/C20H22Cl2N2O2/c1-26-19-9-8-16(11-18(19)22)23-20(25)15-6-4-10-24(13-15)12-14-5-2-3-7-17(14)21/h2-3,5,7-9,11,15H,4,6,10,12-13H2,1H3,(H,23,25). The zero-order valence-electron chi connectivity index (χ0n) is 14.7. The molecule has 0 aromatic heterocycles. The molecule has 1 aliphatic heterocycles. The summed E-state index contributed by atoms with van der Waals surface area (Å²) in [5, 5.41) is 4.22. The van der Waals surface area contributed by atoms with Crippen molar-refractivity contribution in [2.45, 2.75) is 19.4 Å². The van der Waals surface area contributed by atoms with Crippen molar-refractivity contribution in [3.63, 3.8) is 0 Å². The van der Waals surface area contributed by atoms with E-state index in [0.717, 1.165) is 43.1 Å². The van der Waals surface area contributed by atoms with Crippen LogP contribution in [0.1, 0.15) is 18.4 Å². The Labute approximate surface area is 164 Å². The van der Waals surface area contributed by atoms with E-state index >= 15 is 0 Å². The van der Waals surface area contributed by atoms with Gasteiger partial charge in [0.1, 0.15) is 5.75 Å². The van der Waals surface area contributed by atoms with E-state index in [4.69, 9.17) is 27.9 Å². The lowest BCUT2D eigenvalue weighted by Gasteiger charge is -2.32. The molecule has 0 saturated carbocycles. The zero-order valence-corrected chi connectivity index (χ0v) is 16.2. The van der Waals surface area contributed by atoms with Gasteiger partial charge in [0.05, 0.1) is 18.1 Å². The maximum Gasteiger partial charge on any atom is 0.228 e. The van der Waals surface area contributed by atoms with E-state index in [-0.39, 0.29) is 11.8 Å². The molecule has 0 spiro atoms. The molecule has 26 heavy (non-hydrogen) atoms. The number of hydrogen-bond acceptors (Lipinski definition) is 3. The van der Waals surface area contributed by atoms with Gasteiger partial charge < -0.3 is 10.1 Å². The number of ether oxygens (including phenoxy) is 1. The molecular formula is C20H22Cl2N2O2. The van der Waals surface area contributed by atoms with Crippen molar-refractivity contribution < 1.29 is 9.53 Å².